The molecule has 0 fully saturated rings. The van der Waals surface area contributed by atoms with Gasteiger partial charge in [0.15, 0.2) is 6.04 Å². The molecule has 126 valence electrons. The first-order valence-corrected chi connectivity index (χ1v) is 7.77. The monoisotopic (exact) mass is 335 g/mol. The van der Waals surface area contributed by atoms with Crippen LogP contribution in [0.5, 0.6) is 0 Å². The lowest BCUT2D eigenvalue weighted by molar-refractivity contribution is -0.143. The topological polar surface area (TPSA) is 81.2 Å². The first-order chi connectivity index (χ1) is 12.1. The van der Waals surface area contributed by atoms with Gasteiger partial charge >= 0.3 is 5.97 Å². The summed E-state index contributed by atoms with van der Waals surface area (Å²) in [6.45, 7) is 1.71. The molecule has 2 aromatic carbocycles. The molecule has 0 aliphatic carbocycles. The highest BCUT2D eigenvalue weighted by molar-refractivity contribution is 5.97. The summed E-state index contributed by atoms with van der Waals surface area (Å²) in [4.78, 5) is 33.6. The van der Waals surface area contributed by atoms with Gasteiger partial charge in [-0.1, -0.05) is 42.5 Å². The molecule has 6 heteroatoms. The number of amides is 1. The predicted molar refractivity (Wildman–Crippen MR) is 92.9 cm³/mol. The van der Waals surface area contributed by atoms with Crippen LogP contribution < -0.4 is 5.32 Å². The number of nitrogens with zero attached hydrogens (tertiary/aromatic N) is 2. The Morgan fingerprint density at radius 3 is 2.20 bits per heavy atom. The maximum absolute atomic E-state index is 12.7. The molecule has 3 rings (SSSR count). The zero-order chi connectivity index (χ0) is 17.8. The largest absolute Gasteiger partial charge is 0.467 e. The zero-order valence-corrected chi connectivity index (χ0v) is 13.9. The van der Waals surface area contributed by atoms with Crippen molar-refractivity contribution in [2.45, 2.75) is 13.0 Å². The Labute approximate surface area is 144 Å². The van der Waals surface area contributed by atoms with Gasteiger partial charge < -0.3 is 10.1 Å². The molecular weight excluding hydrogens is 318 g/mol. The Morgan fingerprint density at radius 2 is 1.56 bits per heavy atom. The number of hydrogen-bond acceptors (Lipinski definition) is 5. The molecule has 0 spiro atoms. The van der Waals surface area contributed by atoms with Crippen molar-refractivity contribution in [2.24, 2.45) is 0 Å². The summed E-state index contributed by atoms with van der Waals surface area (Å²) in [5.41, 5.74) is 2.64. The predicted octanol–water partition coefficient (Wildman–Crippen LogP) is 2.58. The van der Waals surface area contributed by atoms with Crippen LogP contribution in [0, 0.1) is 6.92 Å². The smallest absolute Gasteiger partial charge is 0.333 e. The number of aromatic nitrogens is 2. The van der Waals surface area contributed by atoms with Crippen LogP contribution in [-0.4, -0.2) is 29.0 Å². The molecule has 0 saturated heterocycles. The average molecular weight is 335 g/mol. The highest BCUT2D eigenvalue weighted by Crippen LogP contribution is 2.17. The summed E-state index contributed by atoms with van der Waals surface area (Å²) in [6, 6.07) is 15.3. The summed E-state index contributed by atoms with van der Waals surface area (Å²) in [5.74, 6) is -1.03. The van der Waals surface area contributed by atoms with Crippen molar-refractivity contribution >= 4 is 22.9 Å². The molecule has 1 heterocycles. The Morgan fingerprint density at radius 1 is 0.960 bits per heavy atom. The SMILES string of the molecule is COC(=O)C(NC(=O)c1nc2ccccc2nc1C)c1ccccc1. The molecule has 0 saturated carbocycles. The van der Waals surface area contributed by atoms with Gasteiger partial charge in [-0.3, -0.25) is 4.79 Å². The maximum atomic E-state index is 12.7. The molecule has 25 heavy (non-hydrogen) atoms. The molecule has 0 bridgehead atoms. The van der Waals surface area contributed by atoms with Crippen LogP contribution in [0.4, 0.5) is 0 Å². The quantitative estimate of drug-likeness (QED) is 0.741. The molecule has 3 aromatic rings. The second kappa shape index (κ2) is 7.09. The fourth-order valence-corrected chi connectivity index (χ4v) is 2.54. The van der Waals surface area contributed by atoms with E-state index in [9.17, 15) is 9.59 Å². The van der Waals surface area contributed by atoms with E-state index in [1.807, 2.05) is 24.3 Å². The van der Waals surface area contributed by atoms with Crippen molar-refractivity contribution in [3.8, 4) is 0 Å². The summed E-state index contributed by atoms with van der Waals surface area (Å²) in [7, 11) is 1.28. The average Bonchev–Trinajstić information content (AvgIpc) is 2.65. The number of rotatable bonds is 4. The minimum absolute atomic E-state index is 0.184. The van der Waals surface area contributed by atoms with Gasteiger partial charge in [-0.15, -0.1) is 0 Å². The van der Waals surface area contributed by atoms with Gasteiger partial charge in [0.05, 0.1) is 23.8 Å². The van der Waals surface area contributed by atoms with Crippen molar-refractivity contribution in [3.63, 3.8) is 0 Å². The second-order valence-electron chi connectivity index (χ2n) is 5.49. The molecule has 1 unspecified atom stereocenters. The van der Waals surface area contributed by atoms with Gasteiger partial charge in [-0.05, 0) is 24.6 Å². The van der Waals surface area contributed by atoms with Gasteiger partial charge in [0.1, 0.15) is 5.69 Å². The molecule has 0 aliphatic rings. The number of methoxy groups -OCH3 is 1. The van der Waals surface area contributed by atoms with Crippen molar-refractivity contribution in [2.75, 3.05) is 7.11 Å². The standard InChI is InChI=1S/C19H17N3O3/c1-12-16(21-15-11-7-6-10-14(15)20-12)18(23)22-17(19(24)25-2)13-8-4-3-5-9-13/h3-11,17H,1-2H3,(H,22,23). The van der Waals surface area contributed by atoms with E-state index in [-0.39, 0.29) is 5.69 Å². The van der Waals surface area contributed by atoms with Gasteiger partial charge in [0.2, 0.25) is 0 Å². The van der Waals surface area contributed by atoms with E-state index >= 15 is 0 Å². The van der Waals surface area contributed by atoms with Crippen LogP contribution in [0.3, 0.4) is 0 Å². The van der Waals surface area contributed by atoms with Crippen molar-refractivity contribution in [3.05, 3.63) is 71.5 Å². The zero-order valence-electron chi connectivity index (χ0n) is 13.9. The van der Waals surface area contributed by atoms with E-state index in [2.05, 4.69) is 15.3 Å². The van der Waals surface area contributed by atoms with Crippen molar-refractivity contribution in [1.29, 1.82) is 0 Å². The Hall–Kier alpha value is -3.28. The van der Waals surface area contributed by atoms with Crippen LogP contribution in [0.1, 0.15) is 27.8 Å². The summed E-state index contributed by atoms with van der Waals surface area (Å²) in [5, 5.41) is 2.69. The van der Waals surface area contributed by atoms with Crippen molar-refractivity contribution in [1.82, 2.24) is 15.3 Å². The van der Waals surface area contributed by atoms with E-state index in [4.69, 9.17) is 4.74 Å². The molecule has 6 nitrogen and oxygen atoms in total. The van der Waals surface area contributed by atoms with Crippen molar-refractivity contribution < 1.29 is 14.3 Å². The van der Waals surface area contributed by atoms with Crippen LogP contribution in [0.2, 0.25) is 0 Å². The third-order valence-electron chi connectivity index (χ3n) is 3.81. The second-order valence-corrected chi connectivity index (χ2v) is 5.49. The molecule has 0 radical (unpaired) electrons. The van der Waals surface area contributed by atoms with Gasteiger partial charge in [0, 0.05) is 0 Å². The third kappa shape index (κ3) is 3.47. The van der Waals surface area contributed by atoms with Crippen LogP contribution >= 0.6 is 0 Å². The normalized spacial score (nSPS) is 11.8. The molecular formula is C19H17N3O3. The molecule has 0 aliphatic heterocycles. The number of benzene rings is 2. The molecule has 1 aromatic heterocycles. The number of fused-ring (bicyclic) bond motifs is 1. The lowest BCUT2D eigenvalue weighted by Gasteiger charge is -2.17. The van der Waals surface area contributed by atoms with Crippen LogP contribution in [0.25, 0.3) is 11.0 Å². The summed E-state index contributed by atoms with van der Waals surface area (Å²) in [6.07, 6.45) is 0. The molecule has 1 atom stereocenters. The number of para-hydroxylation sites is 2. The minimum atomic E-state index is -0.911. The van der Waals surface area contributed by atoms with E-state index < -0.39 is 17.9 Å². The van der Waals surface area contributed by atoms with Gasteiger partial charge in [-0.2, -0.15) is 0 Å². The number of aryl methyl sites for hydroxylation is 1. The number of hydrogen-bond donors (Lipinski definition) is 1. The van der Waals surface area contributed by atoms with E-state index in [0.717, 1.165) is 0 Å². The maximum Gasteiger partial charge on any atom is 0.333 e. The fourth-order valence-electron chi connectivity index (χ4n) is 2.54. The number of carbonyl (C=O) groups is 2. The number of esters is 1. The van der Waals surface area contributed by atoms with Gasteiger partial charge in [-0.25, -0.2) is 14.8 Å². The number of ether oxygens (including phenoxy) is 1. The van der Waals surface area contributed by atoms with E-state index in [1.54, 1.807) is 37.3 Å². The van der Waals surface area contributed by atoms with E-state index in [0.29, 0.717) is 22.3 Å². The Kier molecular flexibility index (Phi) is 4.70. The highest BCUT2D eigenvalue weighted by Gasteiger charge is 2.25. The molecule has 1 amide bonds. The number of nitrogens with one attached hydrogen (secondary N) is 1. The molecule has 1 N–H and O–H groups in total. The Balaban J connectivity index is 1.94. The van der Waals surface area contributed by atoms with Crippen LogP contribution in [-0.2, 0) is 9.53 Å². The minimum Gasteiger partial charge on any atom is -0.467 e. The Bertz CT molecular complexity index is 926. The van der Waals surface area contributed by atoms with Gasteiger partial charge in [0.25, 0.3) is 5.91 Å². The lowest BCUT2D eigenvalue weighted by Crippen LogP contribution is -2.35. The van der Waals surface area contributed by atoms with Crippen LogP contribution in [0.15, 0.2) is 54.6 Å². The first kappa shape index (κ1) is 16.6. The van der Waals surface area contributed by atoms with E-state index in [1.165, 1.54) is 7.11 Å². The summed E-state index contributed by atoms with van der Waals surface area (Å²) < 4.78 is 4.81. The number of carbonyl (C=O) groups excluding carboxylic acids is 2. The fraction of sp³-hybridized carbons (Fsp3) is 0.158. The lowest BCUT2D eigenvalue weighted by atomic mass is 10.1. The summed E-state index contributed by atoms with van der Waals surface area (Å²) >= 11 is 0. The third-order valence-corrected chi connectivity index (χ3v) is 3.81. The highest BCUT2D eigenvalue weighted by atomic mass is 16.5. The first-order valence-electron chi connectivity index (χ1n) is 7.77.